The van der Waals surface area contributed by atoms with Crippen LogP contribution in [0.4, 0.5) is 0 Å². The average molecular weight is 323 g/mol. The molecule has 0 saturated heterocycles. The molecule has 2 rings (SSSR count). The van der Waals surface area contributed by atoms with E-state index in [9.17, 15) is 0 Å². The van der Waals surface area contributed by atoms with Crippen molar-refractivity contribution in [3.05, 3.63) is 46.5 Å². The SMILES string of the molecule is CCCNC(c1cncc(Br)c1)c1cnn(CC)c1. The smallest absolute Gasteiger partial charge is 0.0623 e. The Balaban J connectivity index is 2.29. The Morgan fingerprint density at radius 3 is 2.74 bits per heavy atom. The molecular weight excluding hydrogens is 304 g/mol. The largest absolute Gasteiger partial charge is 0.306 e. The van der Waals surface area contributed by atoms with Gasteiger partial charge in [-0.2, -0.15) is 5.10 Å². The number of pyridine rings is 1. The van der Waals surface area contributed by atoms with Gasteiger partial charge in [-0.25, -0.2) is 0 Å². The maximum atomic E-state index is 4.36. The maximum Gasteiger partial charge on any atom is 0.0623 e. The Morgan fingerprint density at radius 2 is 2.11 bits per heavy atom. The third-order valence-corrected chi connectivity index (χ3v) is 3.40. The van der Waals surface area contributed by atoms with E-state index in [1.165, 1.54) is 5.56 Å². The second kappa shape index (κ2) is 6.82. The van der Waals surface area contributed by atoms with E-state index < -0.39 is 0 Å². The lowest BCUT2D eigenvalue weighted by Gasteiger charge is -2.17. The van der Waals surface area contributed by atoms with Crippen LogP contribution in [0.25, 0.3) is 0 Å². The van der Waals surface area contributed by atoms with Crippen LogP contribution >= 0.6 is 15.9 Å². The molecule has 2 aromatic rings. The summed E-state index contributed by atoms with van der Waals surface area (Å²) < 4.78 is 2.94. The van der Waals surface area contributed by atoms with Gasteiger partial charge in [-0.05, 0) is 47.4 Å². The van der Waals surface area contributed by atoms with E-state index in [4.69, 9.17) is 0 Å². The molecule has 0 aromatic carbocycles. The molecule has 19 heavy (non-hydrogen) atoms. The van der Waals surface area contributed by atoms with Crippen LogP contribution in [-0.2, 0) is 6.54 Å². The van der Waals surface area contributed by atoms with Crippen molar-refractivity contribution in [2.75, 3.05) is 6.54 Å². The van der Waals surface area contributed by atoms with Gasteiger partial charge in [-0.1, -0.05) is 6.92 Å². The lowest BCUT2D eigenvalue weighted by molar-refractivity contribution is 0.594. The Morgan fingerprint density at radius 1 is 1.26 bits per heavy atom. The minimum Gasteiger partial charge on any atom is -0.306 e. The summed E-state index contributed by atoms with van der Waals surface area (Å²) in [5.74, 6) is 0. The first-order valence-corrected chi connectivity index (χ1v) is 7.40. The summed E-state index contributed by atoms with van der Waals surface area (Å²) in [4.78, 5) is 4.25. The summed E-state index contributed by atoms with van der Waals surface area (Å²) >= 11 is 3.48. The molecule has 1 N–H and O–H groups in total. The van der Waals surface area contributed by atoms with Crippen LogP contribution in [0.2, 0.25) is 0 Å². The molecule has 5 heteroatoms. The molecule has 2 heterocycles. The molecule has 1 atom stereocenters. The van der Waals surface area contributed by atoms with Crippen LogP contribution in [0.1, 0.15) is 37.4 Å². The number of aromatic nitrogens is 3. The molecule has 0 saturated carbocycles. The Labute approximate surface area is 122 Å². The van der Waals surface area contributed by atoms with Gasteiger partial charge in [0.05, 0.1) is 12.2 Å². The first kappa shape index (κ1) is 14.2. The first-order valence-electron chi connectivity index (χ1n) is 6.60. The summed E-state index contributed by atoms with van der Waals surface area (Å²) in [5, 5.41) is 7.91. The van der Waals surface area contributed by atoms with Crippen molar-refractivity contribution in [2.24, 2.45) is 0 Å². The molecule has 102 valence electrons. The van der Waals surface area contributed by atoms with Crippen LogP contribution in [0.3, 0.4) is 0 Å². The summed E-state index contributed by atoms with van der Waals surface area (Å²) in [6, 6.07) is 2.24. The number of aryl methyl sites for hydroxylation is 1. The van der Waals surface area contributed by atoms with Crippen molar-refractivity contribution in [3.8, 4) is 0 Å². The van der Waals surface area contributed by atoms with E-state index >= 15 is 0 Å². The Bertz CT molecular complexity index is 524. The minimum atomic E-state index is 0.144. The monoisotopic (exact) mass is 322 g/mol. The van der Waals surface area contributed by atoms with E-state index in [-0.39, 0.29) is 6.04 Å². The molecule has 2 aromatic heterocycles. The van der Waals surface area contributed by atoms with Crippen LogP contribution in [0.5, 0.6) is 0 Å². The second-order valence-electron chi connectivity index (χ2n) is 4.45. The van der Waals surface area contributed by atoms with Gasteiger partial charge in [-0.3, -0.25) is 9.67 Å². The highest BCUT2D eigenvalue weighted by atomic mass is 79.9. The minimum absolute atomic E-state index is 0.144. The molecule has 4 nitrogen and oxygen atoms in total. The summed E-state index contributed by atoms with van der Waals surface area (Å²) in [5.41, 5.74) is 2.33. The average Bonchev–Trinajstić information content (AvgIpc) is 2.88. The van der Waals surface area contributed by atoms with E-state index in [0.29, 0.717) is 0 Å². The highest BCUT2D eigenvalue weighted by Crippen LogP contribution is 2.23. The number of hydrogen-bond acceptors (Lipinski definition) is 3. The molecule has 0 aliphatic carbocycles. The fraction of sp³-hybridized carbons (Fsp3) is 0.429. The van der Waals surface area contributed by atoms with Crippen molar-refractivity contribution in [1.82, 2.24) is 20.1 Å². The zero-order chi connectivity index (χ0) is 13.7. The number of hydrogen-bond donors (Lipinski definition) is 1. The molecule has 0 aliphatic heterocycles. The van der Waals surface area contributed by atoms with Gasteiger partial charge < -0.3 is 5.32 Å². The van der Waals surface area contributed by atoms with Gasteiger partial charge in [0, 0.05) is 35.2 Å². The van der Waals surface area contributed by atoms with Crippen LogP contribution < -0.4 is 5.32 Å². The summed E-state index contributed by atoms with van der Waals surface area (Å²) in [6.45, 7) is 6.11. The van der Waals surface area contributed by atoms with E-state index in [2.05, 4.69) is 57.4 Å². The number of nitrogens with one attached hydrogen (secondary N) is 1. The number of halogens is 1. The molecule has 0 amide bonds. The van der Waals surface area contributed by atoms with Crippen molar-refractivity contribution in [3.63, 3.8) is 0 Å². The van der Waals surface area contributed by atoms with Gasteiger partial charge in [0.1, 0.15) is 0 Å². The predicted octanol–water partition coefficient (Wildman–Crippen LogP) is 3.15. The van der Waals surface area contributed by atoms with Crippen molar-refractivity contribution in [2.45, 2.75) is 32.9 Å². The standard InChI is InChI=1S/C14H19BrN4/c1-3-5-17-14(11-6-13(15)9-16-7-11)12-8-18-19(4-2)10-12/h6-10,14,17H,3-5H2,1-2H3. The second-order valence-corrected chi connectivity index (χ2v) is 5.37. The molecular formula is C14H19BrN4. The molecule has 0 aliphatic rings. The predicted molar refractivity (Wildman–Crippen MR) is 80.0 cm³/mol. The molecule has 1 unspecified atom stereocenters. The Kier molecular flexibility index (Phi) is 5.10. The van der Waals surface area contributed by atoms with E-state index in [1.807, 2.05) is 17.1 Å². The maximum absolute atomic E-state index is 4.36. The normalized spacial score (nSPS) is 12.6. The highest BCUT2D eigenvalue weighted by molar-refractivity contribution is 9.10. The zero-order valence-electron chi connectivity index (χ0n) is 11.3. The Hall–Kier alpha value is -1.20. The summed E-state index contributed by atoms with van der Waals surface area (Å²) in [6.07, 6.45) is 8.82. The third-order valence-electron chi connectivity index (χ3n) is 2.97. The molecule has 0 radical (unpaired) electrons. The fourth-order valence-corrected chi connectivity index (χ4v) is 2.39. The first-order chi connectivity index (χ1) is 9.24. The van der Waals surface area contributed by atoms with E-state index in [0.717, 1.165) is 29.5 Å². The molecule has 0 spiro atoms. The third kappa shape index (κ3) is 3.64. The van der Waals surface area contributed by atoms with Gasteiger partial charge in [0.2, 0.25) is 0 Å². The van der Waals surface area contributed by atoms with Gasteiger partial charge in [0.15, 0.2) is 0 Å². The summed E-state index contributed by atoms with van der Waals surface area (Å²) in [7, 11) is 0. The topological polar surface area (TPSA) is 42.7 Å². The van der Waals surface area contributed by atoms with Gasteiger partial charge >= 0.3 is 0 Å². The molecule has 0 bridgehead atoms. The quantitative estimate of drug-likeness (QED) is 0.888. The fourth-order valence-electron chi connectivity index (χ4n) is 2.00. The van der Waals surface area contributed by atoms with Crippen LogP contribution in [0.15, 0.2) is 35.3 Å². The van der Waals surface area contributed by atoms with Crippen molar-refractivity contribution >= 4 is 15.9 Å². The lowest BCUT2D eigenvalue weighted by Crippen LogP contribution is -2.23. The number of rotatable bonds is 6. The van der Waals surface area contributed by atoms with Crippen molar-refractivity contribution in [1.29, 1.82) is 0 Å². The van der Waals surface area contributed by atoms with E-state index in [1.54, 1.807) is 6.20 Å². The number of nitrogens with zero attached hydrogens (tertiary/aromatic N) is 3. The van der Waals surface area contributed by atoms with Crippen LogP contribution in [0, 0.1) is 0 Å². The van der Waals surface area contributed by atoms with Crippen molar-refractivity contribution < 1.29 is 0 Å². The highest BCUT2D eigenvalue weighted by Gasteiger charge is 2.15. The molecule has 0 fully saturated rings. The van der Waals surface area contributed by atoms with Gasteiger partial charge in [-0.15, -0.1) is 0 Å². The zero-order valence-corrected chi connectivity index (χ0v) is 12.9. The lowest BCUT2D eigenvalue weighted by atomic mass is 10.0. The van der Waals surface area contributed by atoms with Gasteiger partial charge in [0.25, 0.3) is 0 Å². The van der Waals surface area contributed by atoms with Crippen LogP contribution in [-0.4, -0.2) is 21.3 Å².